The highest BCUT2D eigenvalue weighted by Gasteiger charge is 2.31. The van der Waals surface area contributed by atoms with Crippen LogP contribution < -0.4 is 0 Å². The Morgan fingerprint density at radius 1 is 1.20 bits per heavy atom. The Balaban J connectivity index is 2.08. The Morgan fingerprint density at radius 2 is 2.00 bits per heavy atom. The minimum atomic E-state index is -4.39. The fourth-order valence-corrected chi connectivity index (χ4v) is 2.43. The zero-order valence-electron chi connectivity index (χ0n) is 10.4. The lowest BCUT2D eigenvalue weighted by atomic mass is 9.97. The maximum atomic E-state index is 12.7. The summed E-state index contributed by atoms with van der Waals surface area (Å²) in [7, 11) is 0. The average molecular weight is 280 g/mol. The molecule has 0 atom stereocenters. The molecule has 0 fully saturated rings. The number of aromatic nitrogens is 2. The fraction of sp³-hybridized carbons (Fsp3) is 0.286. The first kappa shape index (κ1) is 12.9. The highest BCUT2D eigenvalue weighted by Crippen LogP contribution is 2.31. The number of carbonyl (C=O) groups is 1. The number of hydrogen-bond donors (Lipinski definition) is 0. The lowest BCUT2D eigenvalue weighted by Gasteiger charge is -2.14. The maximum Gasteiger partial charge on any atom is 0.416 e. The lowest BCUT2D eigenvalue weighted by molar-refractivity contribution is -0.137. The van der Waals surface area contributed by atoms with Gasteiger partial charge in [0.25, 0.3) is 0 Å². The highest BCUT2D eigenvalue weighted by molar-refractivity contribution is 5.98. The summed E-state index contributed by atoms with van der Waals surface area (Å²) in [5, 5.41) is 4.07. The molecule has 1 aromatic heterocycles. The quantitative estimate of drug-likeness (QED) is 0.802. The van der Waals surface area contributed by atoms with E-state index in [-0.39, 0.29) is 5.78 Å². The Hall–Kier alpha value is -2.11. The third kappa shape index (κ3) is 2.11. The summed E-state index contributed by atoms with van der Waals surface area (Å²) in [6.45, 7) is 0. The number of nitrogens with zero attached hydrogens (tertiary/aromatic N) is 2. The fourth-order valence-electron chi connectivity index (χ4n) is 2.43. The highest BCUT2D eigenvalue weighted by atomic mass is 19.4. The first-order valence-corrected chi connectivity index (χ1v) is 6.24. The van der Waals surface area contributed by atoms with Crippen molar-refractivity contribution in [2.24, 2.45) is 0 Å². The molecule has 0 amide bonds. The van der Waals surface area contributed by atoms with Gasteiger partial charge in [-0.3, -0.25) is 4.79 Å². The number of benzene rings is 1. The van der Waals surface area contributed by atoms with Crippen molar-refractivity contribution in [1.82, 2.24) is 9.78 Å². The summed E-state index contributed by atoms with van der Waals surface area (Å²) in [6, 6.07) is 4.97. The van der Waals surface area contributed by atoms with Crippen LogP contribution in [0.1, 0.15) is 34.5 Å². The average Bonchev–Trinajstić information content (AvgIpc) is 2.83. The first-order chi connectivity index (χ1) is 9.47. The van der Waals surface area contributed by atoms with E-state index >= 15 is 0 Å². The van der Waals surface area contributed by atoms with Gasteiger partial charge in [-0.1, -0.05) is 6.07 Å². The van der Waals surface area contributed by atoms with Gasteiger partial charge >= 0.3 is 6.18 Å². The molecule has 20 heavy (non-hydrogen) atoms. The van der Waals surface area contributed by atoms with Crippen molar-refractivity contribution in [3.05, 3.63) is 47.3 Å². The van der Waals surface area contributed by atoms with Crippen LogP contribution in [0.25, 0.3) is 5.69 Å². The second-order valence-corrected chi connectivity index (χ2v) is 4.74. The van der Waals surface area contributed by atoms with Crippen LogP contribution in [0, 0.1) is 0 Å². The van der Waals surface area contributed by atoms with Crippen LogP contribution in [0.4, 0.5) is 13.2 Å². The predicted molar refractivity (Wildman–Crippen MR) is 65.8 cm³/mol. The van der Waals surface area contributed by atoms with E-state index in [0.717, 1.165) is 12.1 Å². The molecule has 104 valence electrons. The van der Waals surface area contributed by atoms with E-state index in [2.05, 4.69) is 5.10 Å². The van der Waals surface area contributed by atoms with Gasteiger partial charge in [0.1, 0.15) is 0 Å². The molecule has 1 aliphatic carbocycles. The van der Waals surface area contributed by atoms with Crippen LogP contribution in [0.5, 0.6) is 0 Å². The zero-order chi connectivity index (χ0) is 14.3. The molecule has 0 aliphatic heterocycles. The molecule has 1 heterocycles. The molecule has 0 N–H and O–H groups in total. The summed E-state index contributed by atoms with van der Waals surface area (Å²) in [5.41, 5.74) is 0.825. The minimum absolute atomic E-state index is 0.00414. The van der Waals surface area contributed by atoms with Crippen LogP contribution >= 0.6 is 0 Å². The Kier molecular flexibility index (Phi) is 2.88. The van der Waals surface area contributed by atoms with E-state index in [9.17, 15) is 18.0 Å². The first-order valence-electron chi connectivity index (χ1n) is 6.24. The number of ketones is 1. The van der Waals surface area contributed by atoms with Gasteiger partial charge in [0.15, 0.2) is 5.78 Å². The molecule has 0 spiro atoms. The number of fused-ring (bicyclic) bond motifs is 1. The third-order valence-corrected chi connectivity index (χ3v) is 3.40. The molecule has 0 radical (unpaired) electrons. The zero-order valence-corrected chi connectivity index (χ0v) is 10.4. The van der Waals surface area contributed by atoms with Crippen molar-refractivity contribution < 1.29 is 18.0 Å². The summed E-state index contributed by atoms with van der Waals surface area (Å²) in [6.07, 6.45) is -1.12. The normalized spacial score (nSPS) is 15.2. The van der Waals surface area contributed by atoms with Crippen molar-refractivity contribution in [3.63, 3.8) is 0 Å². The van der Waals surface area contributed by atoms with Gasteiger partial charge in [-0.2, -0.15) is 18.3 Å². The number of Topliss-reactive ketones (excluding diaryl/α,β-unsaturated/α-hetero) is 1. The van der Waals surface area contributed by atoms with Gasteiger partial charge in [0, 0.05) is 6.42 Å². The lowest BCUT2D eigenvalue weighted by Crippen LogP contribution is -2.13. The number of rotatable bonds is 1. The van der Waals surface area contributed by atoms with Crippen molar-refractivity contribution in [2.45, 2.75) is 25.4 Å². The number of hydrogen-bond acceptors (Lipinski definition) is 2. The molecule has 3 nitrogen and oxygen atoms in total. The second-order valence-electron chi connectivity index (χ2n) is 4.74. The van der Waals surface area contributed by atoms with E-state index in [1.54, 1.807) is 6.07 Å². The molecular formula is C14H11F3N2O. The Bertz CT molecular complexity index is 673. The topological polar surface area (TPSA) is 34.9 Å². The molecular weight excluding hydrogens is 269 g/mol. The molecule has 2 aromatic rings. The molecule has 3 rings (SSSR count). The molecule has 0 saturated heterocycles. The molecule has 0 saturated carbocycles. The number of carbonyl (C=O) groups excluding carboxylic acids is 1. The van der Waals surface area contributed by atoms with Crippen LogP contribution in [0.3, 0.4) is 0 Å². The molecule has 0 unspecified atom stereocenters. The Labute approximate surface area is 113 Å². The standard InChI is InChI=1S/C14H11F3N2O/c15-14(16,17)9-3-1-4-10(7-9)19-12-5-2-6-13(20)11(12)8-18-19/h1,3-4,7-8H,2,5-6H2. The van der Waals surface area contributed by atoms with Gasteiger partial charge in [-0.15, -0.1) is 0 Å². The SMILES string of the molecule is O=C1CCCc2c1cnn2-c1cccc(C(F)(F)F)c1. The van der Waals surface area contributed by atoms with Crippen LogP contribution in [0.2, 0.25) is 0 Å². The maximum absolute atomic E-state index is 12.7. The predicted octanol–water partition coefficient (Wildman–Crippen LogP) is 3.41. The largest absolute Gasteiger partial charge is 0.416 e. The molecule has 1 aromatic carbocycles. The van der Waals surface area contributed by atoms with Crippen molar-refractivity contribution in [2.75, 3.05) is 0 Å². The Morgan fingerprint density at radius 3 is 2.75 bits per heavy atom. The third-order valence-electron chi connectivity index (χ3n) is 3.40. The van der Waals surface area contributed by atoms with E-state index < -0.39 is 11.7 Å². The smallest absolute Gasteiger partial charge is 0.294 e. The van der Waals surface area contributed by atoms with E-state index in [4.69, 9.17) is 0 Å². The van der Waals surface area contributed by atoms with Gasteiger partial charge in [0.2, 0.25) is 0 Å². The summed E-state index contributed by atoms with van der Waals surface area (Å²) < 4.78 is 39.6. The van der Waals surface area contributed by atoms with Crippen LogP contribution in [-0.4, -0.2) is 15.6 Å². The summed E-state index contributed by atoms with van der Waals surface area (Å²) >= 11 is 0. The van der Waals surface area contributed by atoms with Crippen molar-refractivity contribution in [3.8, 4) is 5.69 Å². The summed E-state index contributed by atoms with van der Waals surface area (Å²) in [5.74, 6) is 0.00414. The van der Waals surface area contributed by atoms with E-state index in [0.29, 0.717) is 36.2 Å². The molecule has 0 bridgehead atoms. The van der Waals surface area contributed by atoms with Crippen LogP contribution in [0.15, 0.2) is 30.5 Å². The van der Waals surface area contributed by atoms with Crippen LogP contribution in [-0.2, 0) is 12.6 Å². The monoisotopic (exact) mass is 280 g/mol. The second kappa shape index (κ2) is 4.47. The van der Waals surface area contributed by atoms with Gasteiger partial charge < -0.3 is 0 Å². The van der Waals surface area contributed by atoms with Gasteiger partial charge in [-0.05, 0) is 31.0 Å². The minimum Gasteiger partial charge on any atom is -0.294 e. The number of alkyl halides is 3. The van der Waals surface area contributed by atoms with Crippen molar-refractivity contribution >= 4 is 5.78 Å². The van der Waals surface area contributed by atoms with E-state index in [1.807, 2.05) is 0 Å². The number of halogens is 3. The summed E-state index contributed by atoms with van der Waals surface area (Å²) in [4.78, 5) is 11.7. The van der Waals surface area contributed by atoms with Gasteiger partial charge in [-0.25, -0.2) is 4.68 Å². The van der Waals surface area contributed by atoms with E-state index in [1.165, 1.54) is 16.9 Å². The van der Waals surface area contributed by atoms with Gasteiger partial charge in [0.05, 0.1) is 28.7 Å². The van der Waals surface area contributed by atoms with Crippen molar-refractivity contribution in [1.29, 1.82) is 0 Å². The molecule has 1 aliphatic rings. The molecule has 6 heteroatoms.